The Balaban J connectivity index is 1.02. The van der Waals surface area contributed by atoms with E-state index in [1.807, 2.05) is 30.5 Å². The first kappa shape index (κ1) is 29.9. The summed E-state index contributed by atoms with van der Waals surface area (Å²) in [6, 6.07) is 66.9. The summed E-state index contributed by atoms with van der Waals surface area (Å²) < 4.78 is 6.17. The van der Waals surface area contributed by atoms with Crippen molar-refractivity contribution in [2.45, 2.75) is 0 Å². The van der Waals surface area contributed by atoms with E-state index in [0.29, 0.717) is 0 Å². The van der Waals surface area contributed by atoms with Gasteiger partial charge >= 0.3 is 0 Å². The van der Waals surface area contributed by atoms with Crippen LogP contribution in [0.2, 0.25) is 0 Å². The summed E-state index contributed by atoms with van der Waals surface area (Å²) in [6.07, 6.45) is 1.92. The Morgan fingerprint density at radius 1 is 0.346 bits per heavy atom. The lowest BCUT2D eigenvalue weighted by Crippen LogP contribution is -2.09. The molecule has 2 heterocycles. The number of benzene rings is 8. The van der Waals surface area contributed by atoms with Crippen molar-refractivity contribution in [1.82, 2.24) is 4.98 Å². The Morgan fingerprint density at radius 3 is 1.37 bits per heavy atom. The lowest BCUT2D eigenvalue weighted by Gasteiger charge is -2.26. The second kappa shape index (κ2) is 12.4. The van der Waals surface area contributed by atoms with Crippen molar-refractivity contribution >= 4 is 60.5 Å². The number of anilines is 3. The highest BCUT2D eigenvalue weighted by molar-refractivity contribution is 6.05. The van der Waals surface area contributed by atoms with Gasteiger partial charge in [0.2, 0.25) is 0 Å². The second-order valence-corrected chi connectivity index (χ2v) is 13.3. The molecular formula is C49H32N2O. The highest BCUT2D eigenvalue weighted by Crippen LogP contribution is 2.39. The summed E-state index contributed by atoms with van der Waals surface area (Å²) in [5.41, 5.74) is 11.6. The molecule has 0 aliphatic heterocycles. The normalized spacial score (nSPS) is 11.5. The lowest BCUT2D eigenvalue weighted by atomic mass is 10.00. The van der Waals surface area contributed by atoms with Gasteiger partial charge in [-0.3, -0.25) is 4.98 Å². The summed E-state index contributed by atoms with van der Waals surface area (Å²) in [6.45, 7) is 0. The minimum Gasteiger partial charge on any atom is -0.456 e. The van der Waals surface area contributed by atoms with E-state index in [9.17, 15) is 0 Å². The Kier molecular flexibility index (Phi) is 7.14. The number of furan rings is 1. The van der Waals surface area contributed by atoms with Gasteiger partial charge in [-0.05, 0) is 98.4 Å². The minimum atomic E-state index is 0.843. The van der Waals surface area contributed by atoms with Crippen molar-refractivity contribution in [2.75, 3.05) is 4.90 Å². The van der Waals surface area contributed by atoms with E-state index in [0.717, 1.165) is 50.3 Å². The van der Waals surface area contributed by atoms with Gasteiger partial charge in [-0.1, -0.05) is 127 Å². The molecule has 0 amide bonds. The molecule has 0 unspecified atom stereocenters. The van der Waals surface area contributed by atoms with Crippen LogP contribution in [0.3, 0.4) is 0 Å². The molecular weight excluding hydrogens is 633 g/mol. The molecule has 3 nitrogen and oxygen atoms in total. The Morgan fingerprint density at radius 2 is 0.808 bits per heavy atom. The summed E-state index contributed by atoms with van der Waals surface area (Å²) in [4.78, 5) is 7.15. The number of pyridine rings is 1. The Labute approximate surface area is 301 Å². The van der Waals surface area contributed by atoms with Gasteiger partial charge in [0.15, 0.2) is 0 Å². The smallest absolute Gasteiger partial charge is 0.139 e. The molecule has 3 heteroatoms. The second-order valence-electron chi connectivity index (χ2n) is 13.3. The van der Waals surface area contributed by atoms with Crippen LogP contribution in [0.4, 0.5) is 17.1 Å². The molecule has 0 saturated carbocycles. The lowest BCUT2D eigenvalue weighted by molar-refractivity contribution is 0.668. The molecule has 52 heavy (non-hydrogen) atoms. The number of nitrogens with zero attached hydrogens (tertiary/aromatic N) is 2. The van der Waals surface area contributed by atoms with Crippen molar-refractivity contribution in [3.63, 3.8) is 0 Å². The molecule has 0 saturated heterocycles. The van der Waals surface area contributed by atoms with Crippen LogP contribution in [0.15, 0.2) is 199 Å². The van der Waals surface area contributed by atoms with E-state index in [1.165, 1.54) is 43.8 Å². The van der Waals surface area contributed by atoms with Crippen LogP contribution in [-0.2, 0) is 0 Å². The highest BCUT2D eigenvalue weighted by atomic mass is 16.3. The quantitative estimate of drug-likeness (QED) is 0.177. The Hall–Kier alpha value is -6.97. The molecule has 8 aromatic carbocycles. The molecule has 0 radical (unpaired) electrons. The van der Waals surface area contributed by atoms with E-state index in [4.69, 9.17) is 9.40 Å². The molecule has 2 aromatic heterocycles. The maximum Gasteiger partial charge on any atom is 0.139 e. The van der Waals surface area contributed by atoms with Crippen molar-refractivity contribution in [2.24, 2.45) is 0 Å². The standard InChI is InChI=1S/C49H32N2O/c1-3-9-38-29-40(15-13-33(38)7-1)35-17-23-42(24-18-35)51(43-25-19-36(20-26-43)41-16-14-34-8-2-4-10-39(34)30-41)44-27-21-37(22-28-44)47-31-49-46(32-50-47)45-11-5-6-12-48(45)52-49/h1-32H. The van der Waals surface area contributed by atoms with Crippen LogP contribution in [-0.4, -0.2) is 4.98 Å². The minimum absolute atomic E-state index is 0.843. The van der Waals surface area contributed by atoms with Crippen LogP contribution < -0.4 is 4.90 Å². The molecule has 0 spiro atoms. The fourth-order valence-electron chi connectivity index (χ4n) is 7.35. The molecule has 0 aliphatic carbocycles. The first-order valence-corrected chi connectivity index (χ1v) is 17.6. The SMILES string of the molecule is c1ccc2cc(-c3ccc(N(c4ccc(-c5ccc6ccccc6c5)cc4)c4ccc(-c5cc6oc7ccccc7c6cn5)cc4)cc3)ccc2c1. The summed E-state index contributed by atoms with van der Waals surface area (Å²) in [5.74, 6) is 0. The predicted octanol–water partition coefficient (Wildman–Crippen LogP) is 13.8. The van der Waals surface area contributed by atoms with E-state index < -0.39 is 0 Å². The van der Waals surface area contributed by atoms with Gasteiger partial charge in [0.25, 0.3) is 0 Å². The van der Waals surface area contributed by atoms with Gasteiger partial charge in [-0.25, -0.2) is 0 Å². The molecule has 10 rings (SSSR count). The van der Waals surface area contributed by atoms with Gasteiger partial charge in [0.05, 0.1) is 5.69 Å². The number of rotatable bonds is 6. The van der Waals surface area contributed by atoms with E-state index in [-0.39, 0.29) is 0 Å². The van der Waals surface area contributed by atoms with E-state index >= 15 is 0 Å². The Bertz CT molecular complexity index is 2760. The molecule has 0 N–H and O–H groups in total. The third kappa shape index (κ3) is 5.37. The topological polar surface area (TPSA) is 29.3 Å². The average molecular weight is 665 g/mol. The molecule has 0 fully saturated rings. The largest absolute Gasteiger partial charge is 0.456 e. The van der Waals surface area contributed by atoms with Gasteiger partial charge < -0.3 is 9.32 Å². The first-order valence-electron chi connectivity index (χ1n) is 17.6. The fourth-order valence-corrected chi connectivity index (χ4v) is 7.35. The van der Waals surface area contributed by atoms with Crippen molar-refractivity contribution < 1.29 is 4.42 Å². The average Bonchev–Trinajstić information content (AvgIpc) is 3.59. The third-order valence-corrected chi connectivity index (χ3v) is 10.1. The molecule has 0 bridgehead atoms. The van der Waals surface area contributed by atoms with Gasteiger partial charge in [-0.15, -0.1) is 0 Å². The number of fused-ring (bicyclic) bond motifs is 5. The number of para-hydroxylation sites is 1. The van der Waals surface area contributed by atoms with E-state index in [2.05, 4.69) is 169 Å². The van der Waals surface area contributed by atoms with E-state index in [1.54, 1.807) is 0 Å². The number of hydrogen-bond donors (Lipinski definition) is 0. The summed E-state index contributed by atoms with van der Waals surface area (Å²) >= 11 is 0. The molecule has 0 aliphatic rings. The maximum atomic E-state index is 6.17. The predicted molar refractivity (Wildman–Crippen MR) is 218 cm³/mol. The van der Waals surface area contributed by atoms with Crippen LogP contribution in [0.25, 0.3) is 77.0 Å². The highest BCUT2D eigenvalue weighted by Gasteiger charge is 2.15. The van der Waals surface area contributed by atoms with Crippen LogP contribution in [0, 0.1) is 0 Å². The van der Waals surface area contributed by atoms with Gasteiger partial charge in [0, 0.05) is 45.7 Å². The summed E-state index contributed by atoms with van der Waals surface area (Å²) in [5, 5.41) is 7.09. The third-order valence-electron chi connectivity index (χ3n) is 10.1. The van der Waals surface area contributed by atoms with Gasteiger partial charge in [0.1, 0.15) is 11.2 Å². The fraction of sp³-hybridized carbons (Fsp3) is 0. The number of hydrogen-bond acceptors (Lipinski definition) is 3. The van der Waals surface area contributed by atoms with Gasteiger partial charge in [-0.2, -0.15) is 0 Å². The van der Waals surface area contributed by atoms with Crippen molar-refractivity contribution in [3.8, 4) is 33.5 Å². The van der Waals surface area contributed by atoms with Crippen LogP contribution in [0.1, 0.15) is 0 Å². The molecule has 0 atom stereocenters. The summed E-state index contributed by atoms with van der Waals surface area (Å²) in [7, 11) is 0. The molecule has 10 aromatic rings. The zero-order valence-corrected chi connectivity index (χ0v) is 28.3. The number of aromatic nitrogens is 1. The van der Waals surface area contributed by atoms with Crippen molar-refractivity contribution in [1.29, 1.82) is 0 Å². The monoisotopic (exact) mass is 664 g/mol. The van der Waals surface area contributed by atoms with Crippen LogP contribution >= 0.6 is 0 Å². The van der Waals surface area contributed by atoms with Crippen molar-refractivity contribution in [3.05, 3.63) is 194 Å². The molecule has 244 valence electrons. The van der Waals surface area contributed by atoms with Crippen LogP contribution in [0.5, 0.6) is 0 Å². The first-order chi connectivity index (χ1) is 25.7. The zero-order valence-electron chi connectivity index (χ0n) is 28.3. The maximum absolute atomic E-state index is 6.17. The zero-order chi connectivity index (χ0) is 34.4.